The molecule has 1 N–H and O–H groups in total. The highest BCUT2D eigenvalue weighted by atomic mass is 35.5. The Labute approximate surface area is 215 Å². The van der Waals surface area contributed by atoms with Crippen LogP contribution < -0.4 is 10.2 Å². The van der Waals surface area contributed by atoms with Gasteiger partial charge in [0, 0.05) is 53.9 Å². The molecule has 0 unspecified atom stereocenters. The Kier molecular flexibility index (Phi) is 8.24. The number of nitrogens with zero attached hydrogens (tertiary/aromatic N) is 4. The number of anilines is 1. The monoisotopic (exact) mass is 512 g/mol. The van der Waals surface area contributed by atoms with Crippen molar-refractivity contribution in [3.63, 3.8) is 0 Å². The number of carbonyl (C=O) groups excluding carboxylic acids is 2. The van der Waals surface area contributed by atoms with E-state index in [9.17, 15) is 9.59 Å². The van der Waals surface area contributed by atoms with Crippen molar-refractivity contribution in [1.82, 2.24) is 10.2 Å². The number of amides is 2. The van der Waals surface area contributed by atoms with E-state index in [-0.39, 0.29) is 11.8 Å². The molecule has 7 nitrogen and oxygen atoms in total. The number of piperazine rings is 1. The first-order valence-electron chi connectivity index (χ1n) is 11.7. The van der Waals surface area contributed by atoms with E-state index >= 15 is 0 Å². The van der Waals surface area contributed by atoms with E-state index in [0.717, 1.165) is 30.1 Å². The van der Waals surface area contributed by atoms with E-state index in [2.05, 4.69) is 20.1 Å². The molecule has 0 spiro atoms. The minimum absolute atomic E-state index is 0.140. The summed E-state index contributed by atoms with van der Waals surface area (Å²) in [6, 6.07) is 12.9. The summed E-state index contributed by atoms with van der Waals surface area (Å²) in [5.41, 5.74) is 4.25. The first-order chi connectivity index (χ1) is 16.9. The lowest BCUT2D eigenvalue weighted by Gasteiger charge is -2.36. The largest absolute Gasteiger partial charge is 0.368 e. The molecular formula is C26H28Cl2N5O2+. The fourth-order valence-corrected chi connectivity index (χ4v) is 4.59. The lowest BCUT2D eigenvalue weighted by Crippen LogP contribution is -2.48. The van der Waals surface area contributed by atoms with Gasteiger partial charge in [-0.25, -0.2) is 0 Å². The molecule has 2 aliphatic rings. The van der Waals surface area contributed by atoms with Gasteiger partial charge < -0.3 is 15.1 Å². The highest BCUT2D eigenvalue weighted by Crippen LogP contribution is 2.26. The summed E-state index contributed by atoms with van der Waals surface area (Å²) in [7, 11) is 0. The van der Waals surface area contributed by atoms with Crippen LogP contribution in [0.4, 0.5) is 5.69 Å². The summed E-state index contributed by atoms with van der Waals surface area (Å²) in [6.45, 7) is 5.13. The Morgan fingerprint density at radius 3 is 2.40 bits per heavy atom. The number of rotatable bonds is 8. The van der Waals surface area contributed by atoms with Crippen LogP contribution in [0.25, 0.3) is 0 Å². The molecule has 4 rings (SSSR count). The first-order valence-corrected chi connectivity index (χ1v) is 12.4. The number of hydrogen-bond donors (Lipinski definition) is 1. The predicted molar refractivity (Wildman–Crippen MR) is 138 cm³/mol. The molecule has 1 saturated heterocycles. The van der Waals surface area contributed by atoms with Gasteiger partial charge in [0.1, 0.15) is 5.11 Å². The molecule has 0 radical (unpaired) electrons. The van der Waals surface area contributed by atoms with Gasteiger partial charge in [0.2, 0.25) is 5.91 Å². The molecular weight excluding hydrogens is 485 g/mol. The standard InChI is InChI=1S/C26H27Cl2N5O2/c1-18-5-7-19(8-6-18)26(35)29-17-23-16-22(30-31-23)3-2-4-25(34)33-11-9-32(10-12-33)24-14-20(27)13-21(28)15-24/h5-8,13-16H,2-4,9-12,17H2,1H3/p+1. The van der Waals surface area contributed by atoms with Gasteiger partial charge in [-0.3, -0.25) is 9.59 Å². The summed E-state index contributed by atoms with van der Waals surface area (Å²) in [5, 5.41) is 8.23. The third kappa shape index (κ3) is 6.95. The quantitative estimate of drug-likeness (QED) is 0.526. The summed E-state index contributed by atoms with van der Waals surface area (Å²) >= 11 is 12.2. The van der Waals surface area contributed by atoms with Crippen LogP contribution in [0.1, 0.15) is 35.2 Å². The highest BCUT2D eigenvalue weighted by molar-refractivity contribution is 6.35. The van der Waals surface area contributed by atoms with Gasteiger partial charge in [0.25, 0.3) is 5.91 Å². The van der Waals surface area contributed by atoms with Gasteiger partial charge in [0.15, 0.2) is 5.70 Å². The number of halogens is 2. The smallest absolute Gasteiger partial charge is 0.344 e. The van der Waals surface area contributed by atoms with E-state index < -0.39 is 0 Å². The zero-order valence-electron chi connectivity index (χ0n) is 19.6. The molecule has 0 bridgehead atoms. The van der Waals surface area contributed by atoms with Gasteiger partial charge in [0.05, 0.1) is 23.8 Å². The molecule has 2 amide bonds. The molecule has 2 aliphatic heterocycles. The Bertz CT molecular complexity index is 1170. The molecule has 0 aliphatic carbocycles. The molecule has 2 aromatic rings. The van der Waals surface area contributed by atoms with Gasteiger partial charge in [-0.15, -0.1) is 0 Å². The zero-order valence-corrected chi connectivity index (χ0v) is 21.1. The third-order valence-corrected chi connectivity index (χ3v) is 6.49. The topological polar surface area (TPSA) is 79.1 Å². The Balaban J connectivity index is 1.16. The molecule has 1 fully saturated rings. The second-order valence-corrected chi connectivity index (χ2v) is 9.60. The normalized spacial score (nSPS) is 15.2. The van der Waals surface area contributed by atoms with Crippen LogP contribution in [0.15, 0.2) is 59.4 Å². The third-order valence-electron chi connectivity index (χ3n) is 6.05. The van der Waals surface area contributed by atoms with Gasteiger partial charge >= 0.3 is 5.71 Å². The van der Waals surface area contributed by atoms with Crippen LogP contribution in [0.3, 0.4) is 0 Å². The number of hydrogen-bond acceptors (Lipinski definition) is 4. The molecule has 0 atom stereocenters. The van der Waals surface area contributed by atoms with Crippen LogP contribution in [0, 0.1) is 6.92 Å². The van der Waals surface area contributed by atoms with E-state index in [1.807, 2.05) is 42.2 Å². The van der Waals surface area contributed by atoms with Gasteiger partial charge in [-0.05, 0) is 43.7 Å². The summed E-state index contributed by atoms with van der Waals surface area (Å²) in [4.78, 5) is 33.2. The Morgan fingerprint density at radius 1 is 1.03 bits per heavy atom. The molecule has 0 aromatic heterocycles. The van der Waals surface area contributed by atoms with E-state index in [1.165, 1.54) is 0 Å². The number of allylic oxidation sites excluding steroid dienone is 1. The zero-order chi connectivity index (χ0) is 24.8. The summed E-state index contributed by atoms with van der Waals surface area (Å²) in [5.74, 6) is 0.0116. The summed E-state index contributed by atoms with van der Waals surface area (Å²) in [6.07, 6.45) is 3.73. The van der Waals surface area contributed by atoms with Crippen LogP contribution in [0.5, 0.6) is 0 Å². The Hall–Kier alpha value is -3.12. The van der Waals surface area contributed by atoms with Crippen LogP contribution in [0.2, 0.25) is 10.0 Å². The van der Waals surface area contributed by atoms with Crippen molar-refractivity contribution in [1.29, 1.82) is 0 Å². The molecule has 2 aromatic carbocycles. The van der Waals surface area contributed by atoms with Crippen LogP contribution in [-0.2, 0) is 4.79 Å². The van der Waals surface area contributed by atoms with Crippen LogP contribution >= 0.6 is 23.2 Å². The number of benzene rings is 2. The van der Waals surface area contributed by atoms with Crippen molar-refractivity contribution in [2.24, 2.45) is 5.11 Å². The average Bonchev–Trinajstić information content (AvgIpc) is 3.30. The van der Waals surface area contributed by atoms with E-state index in [4.69, 9.17) is 23.2 Å². The molecule has 9 heteroatoms. The predicted octanol–water partition coefficient (Wildman–Crippen LogP) is 4.55. The maximum Gasteiger partial charge on any atom is 0.344 e. The van der Waals surface area contributed by atoms with Crippen LogP contribution in [-0.4, -0.2) is 59.9 Å². The fraction of sp³-hybridized carbons (Fsp3) is 0.346. The molecule has 35 heavy (non-hydrogen) atoms. The van der Waals surface area contributed by atoms with Crippen molar-refractivity contribution in [2.75, 3.05) is 37.6 Å². The number of aryl methyl sites for hydroxylation is 1. The number of nitrogens with one attached hydrogen (secondary N) is 1. The second-order valence-electron chi connectivity index (χ2n) is 8.72. The average molecular weight is 513 g/mol. The minimum atomic E-state index is -0.140. The number of carbonyl (C=O) groups is 2. The molecule has 182 valence electrons. The van der Waals surface area contributed by atoms with Gasteiger partial charge in [-0.1, -0.05) is 40.9 Å². The molecule has 2 heterocycles. The highest BCUT2D eigenvalue weighted by Gasteiger charge is 2.23. The van der Waals surface area contributed by atoms with E-state index in [1.54, 1.807) is 18.2 Å². The SMILES string of the molecule is Cc1ccc(C(=O)NCC2=CC(CCCC(=O)N3CCN(c4cc(Cl)cc(Cl)c4)CC3)=[N+]=N2)cc1. The van der Waals surface area contributed by atoms with E-state index in [0.29, 0.717) is 60.2 Å². The minimum Gasteiger partial charge on any atom is -0.368 e. The van der Waals surface area contributed by atoms with Gasteiger partial charge in [-0.2, -0.15) is 0 Å². The maximum atomic E-state index is 12.7. The van der Waals surface area contributed by atoms with Crippen molar-refractivity contribution in [2.45, 2.75) is 26.2 Å². The first kappa shape index (κ1) is 25.0. The maximum absolute atomic E-state index is 12.7. The molecule has 0 saturated carbocycles. The lowest BCUT2D eigenvalue weighted by atomic mass is 10.1. The van der Waals surface area contributed by atoms with Crippen molar-refractivity contribution in [3.8, 4) is 0 Å². The lowest BCUT2D eigenvalue weighted by molar-refractivity contribution is -0.131. The summed E-state index contributed by atoms with van der Waals surface area (Å²) < 4.78 is 0. The fourth-order valence-electron chi connectivity index (χ4n) is 4.08. The van der Waals surface area contributed by atoms with Crippen molar-refractivity contribution in [3.05, 3.63) is 75.4 Å². The van der Waals surface area contributed by atoms with Crippen molar-refractivity contribution >= 4 is 46.4 Å². The Morgan fingerprint density at radius 2 is 1.71 bits per heavy atom. The second kappa shape index (κ2) is 11.5. The van der Waals surface area contributed by atoms with Crippen molar-refractivity contribution < 1.29 is 14.4 Å².